The monoisotopic (exact) mass is 219 g/mol. The summed E-state index contributed by atoms with van der Waals surface area (Å²) in [5.74, 6) is -0.709. The summed E-state index contributed by atoms with van der Waals surface area (Å²) in [6.45, 7) is 1.06. The van der Waals surface area contributed by atoms with Crippen LogP contribution in [0.3, 0.4) is 0 Å². The number of benzene rings is 1. The number of hydrogen-bond acceptors (Lipinski definition) is 2. The van der Waals surface area contributed by atoms with Crippen molar-refractivity contribution in [1.29, 1.82) is 0 Å². The van der Waals surface area contributed by atoms with Crippen LogP contribution in [0.25, 0.3) is 0 Å². The van der Waals surface area contributed by atoms with Crippen molar-refractivity contribution >= 4 is 11.7 Å². The van der Waals surface area contributed by atoms with E-state index in [9.17, 15) is 4.79 Å². The lowest BCUT2D eigenvalue weighted by molar-refractivity contribution is -0.137. The molecule has 1 aromatic carbocycles. The summed E-state index contributed by atoms with van der Waals surface area (Å²) in [6.07, 6.45) is 4.16. The maximum atomic E-state index is 10.4. The second-order valence-corrected chi connectivity index (χ2v) is 4.27. The lowest BCUT2D eigenvalue weighted by Gasteiger charge is -2.18. The van der Waals surface area contributed by atoms with Crippen molar-refractivity contribution in [2.75, 3.05) is 11.9 Å². The zero-order valence-corrected chi connectivity index (χ0v) is 9.33. The minimum absolute atomic E-state index is 0.259. The first-order chi connectivity index (χ1) is 7.75. The van der Waals surface area contributed by atoms with Crippen molar-refractivity contribution < 1.29 is 9.90 Å². The highest BCUT2D eigenvalue weighted by atomic mass is 16.4. The molecule has 1 aliphatic rings. The molecular weight excluding hydrogens is 202 g/mol. The molecule has 0 saturated heterocycles. The highest BCUT2D eigenvalue weighted by Crippen LogP contribution is 2.23. The van der Waals surface area contributed by atoms with Gasteiger partial charge in [-0.3, -0.25) is 4.79 Å². The van der Waals surface area contributed by atoms with Crippen LogP contribution in [0.15, 0.2) is 18.2 Å². The van der Waals surface area contributed by atoms with E-state index in [1.54, 1.807) is 0 Å². The van der Waals surface area contributed by atoms with Crippen LogP contribution in [0.5, 0.6) is 0 Å². The summed E-state index contributed by atoms with van der Waals surface area (Å²) >= 11 is 0. The van der Waals surface area contributed by atoms with Crippen molar-refractivity contribution in [3.63, 3.8) is 0 Å². The van der Waals surface area contributed by atoms with Gasteiger partial charge in [0, 0.05) is 18.7 Å². The van der Waals surface area contributed by atoms with Crippen molar-refractivity contribution in [2.45, 2.75) is 32.1 Å². The molecule has 0 fully saturated rings. The molecule has 0 amide bonds. The molecule has 16 heavy (non-hydrogen) atoms. The normalized spacial score (nSPS) is 14.0. The van der Waals surface area contributed by atoms with Gasteiger partial charge in [-0.1, -0.05) is 12.1 Å². The Labute approximate surface area is 95.5 Å². The Bertz CT molecular complexity index is 388. The third kappa shape index (κ3) is 2.75. The Morgan fingerprint density at radius 3 is 3.12 bits per heavy atom. The summed E-state index contributed by atoms with van der Waals surface area (Å²) in [6, 6.07) is 6.42. The predicted octanol–water partition coefficient (Wildman–Crippen LogP) is 2.45. The van der Waals surface area contributed by atoms with E-state index in [0.717, 1.165) is 25.8 Å². The molecule has 2 rings (SSSR count). The molecular formula is C13H17NO2. The third-order valence-electron chi connectivity index (χ3n) is 2.96. The molecule has 1 aromatic rings. The molecule has 0 atom stereocenters. The van der Waals surface area contributed by atoms with E-state index < -0.39 is 5.97 Å². The van der Waals surface area contributed by atoms with Gasteiger partial charge in [0.1, 0.15) is 0 Å². The quantitative estimate of drug-likeness (QED) is 0.817. The zero-order chi connectivity index (χ0) is 11.4. The van der Waals surface area contributed by atoms with Crippen molar-refractivity contribution in [2.24, 2.45) is 0 Å². The third-order valence-corrected chi connectivity index (χ3v) is 2.96. The Morgan fingerprint density at radius 1 is 1.44 bits per heavy atom. The van der Waals surface area contributed by atoms with Crippen molar-refractivity contribution in [3.05, 3.63) is 29.3 Å². The van der Waals surface area contributed by atoms with E-state index in [-0.39, 0.29) is 6.42 Å². The topological polar surface area (TPSA) is 49.3 Å². The van der Waals surface area contributed by atoms with Crippen LogP contribution >= 0.6 is 0 Å². The minimum atomic E-state index is -0.709. The van der Waals surface area contributed by atoms with Crippen LogP contribution in [0, 0.1) is 0 Å². The van der Waals surface area contributed by atoms with E-state index in [0.29, 0.717) is 0 Å². The lowest BCUT2D eigenvalue weighted by Crippen LogP contribution is -2.11. The highest BCUT2D eigenvalue weighted by molar-refractivity contribution is 5.66. The molecule has 3 heteroatoms. The van der Waals surface area contributed by atoms with Crippen LogP contribution in [-0.2, 0) is 17.6 Å². The molecule has 0 saturated carbocycles. The summed E-state index contributed by atoms with van der Waals surface area (Å²) in [7, 11) is 0. The molecule has 0 bridgehead atoms. The largest absolute Gasteiger partial charge is 0.481 e. The van der Waals surface area contributed by atoms with Gasteiger partial charge in [-0.2, -0.15) is 0 Å². The fourth-order valence-corrected chi connectivity index (χ4v) is 2.13. The predicted molar refractivity (Wildman–Crippen MR) is 63.8 cm³/mol. The lowest BCUT2D eigenvalue weighted by atomic mass is 9.98. The van der Waals surface area contributed by atoms with E-state index in [4.69, 9.17) is 5.11 Å². The van der Waals surface area contributed by atoms with E-state index in [1.807, 2.05) is 0 Å². The number of aryl methyl sites for hydroxylation is 2. The first-order valence-corrected chi connectivity index (χ1v) is 5.83. The molecule has 1 heterocycles. The molecule has 0 radical (unpaired) electrons. The number of aliphatic carboxylic acids is 1. The van der Waals surface area contributed by atoms with E-state index in [1.165, 1.54) is 23.2 Å². The fraction of sp³-hybridized carbons (Fsp3) is 0.462. The number of carboxylic acid groups (broad SMARTS) is 1. The van der Waals surface area contributed by atoms with Gasteiger partial charge < -0.3 is 10.4 Å². The van der Waals surface area contributed by atoms with Gasteiger partial charge in [-0.15, -0.1) is 0 Å². The number of anilines is 1. The first kappa shape index (κ1) is 11.0. The Kier molecular flexibility index (Phi) is 3.44. The second-order valence-electron chi connectivity index (χ2n) is 4.27. The summed E-state index contributed by atoms with van der Waals surface area (Å²) in [5, 5.41) is 11.9. The number of carbonyl (C=O) groups is 1. The molecule has 1 aliphatic heterocycles. The summed E-state index contributed by atoms with van der Waals surface area (Å²) in [4.78, 5) is 10.4. The van der Waals surface area contributed by atoms with Gasteiger partial charge in [-0.25, -0.2) is 0 Å². The van der Waals surface area contributed by atoms with Crippen LogP contribution in [0.2, 0.25) is 0 Å². The van der Waals surface area contributed by atoms with E-state index >= 15 is 0 Å². The van der Waals surface area contributed by atoms with Crippen molar-refractivity contribution in [1.82, 2.24) is 0 Å². The molecule has 0 unspecified atom stereocenters. The average molecular weight is 219 g/mol. The van der Waals surface area contributed by atoms with E-state index in [2.05, 4.69) is 23.5 Å². The smallest absolute Gasteiger partial charge is 0.303 e. The molecule has 2 N–H and O–H groups in total. The minimum Gasteiger partial charge on any atom is -0.481 e. The fourth-order valence-electron chi connectivity index (χ4n) is 2.13. The van der Waals surface area contributed by atoms with Gasteiger partial charge >= 0.3 is 5.97 Å². The highest BCUT2D eigenvalue weighted by Gasteiger charge is 2.08. The molecule has 3 nitrogen and oxygen atoms in total. The molecule has 0 aromatic heterocycles. The Hall–Kier alpha value is -1.51. The average Bonchev–Trinajstić information content (AvgIpc) is 2.28. The molecule has 86 valence electrons. The van der Waals surface area contributed by atoms with Crippen LogP contribution in [0.4, 0.5) is 5.69 Å². The molecule has 0 spiro atoms. The van der Waals surface area contributed by atoms with Gasteiger partial charge in [0.25, 0.3) is 0 Å². The molecule has 0 aliphatic carbocycles. The number of rotatable bonds is 4. The number of fused-ring (bicyclic) bond motifs is 1. The number of carboxylic acids is 1. The summed E-state index contributed by atoms with van der Waals surface area (Å²) in [5.41, 5.74) is 3.87. The van der Waals surface area contributed by atoms with Crippen LogP contribution in [-0.4, -0.2) is 17.6 Å². The number of hydrogen-bond donors (Lipinski definition) is 2. The number of nitrogens with one attached hydrogen (secondary N) is 1. The van der Waals surface area contributed by atoms with Crippen LogP contribution < -0.4 is 5.32 Å². The zero-order valence-electron chi connectivity index (χ0n) is 9.33. The van der Waals surface area contributed by atoms with Crippen molar-refractivity contribution in [3.8, 4) is 0 Å². The van der Waals surface area contributed by atoms with Gasteiger partial charge in [0.2, 0.25) is 0 Å². The Balaban J connectivity index is 1.97. The van der Waals surface area contributed by atoms with Gasteiger partial charge in [0.15, 0.2) is 0 Å². The summed E-state index contributed by atoms with van der Waals surface area (Å²) < 4.78 is 0. The SMILES string of the molecule is O=C(O)CCCc1ccc2c(c1)CCCN2. The maximum Gasteiger partial charge on any atom is 0.303 e. The van der Waals surface area contributed by atoms with Gasteiger partial charge in [-0.05, 0) is 42.9 Å². The van der Waals surface area contributed by atoms with Gasteiger partial charge in [0.05, 0.1) is 0 Å². The first-order valence-electron chi connectivity index (χ1n) is 5.83. The van der Waals surface area contributed by atoms with Crippen LogP contribution in [0.1, 0.15) is 30.4 Å². The standard InChI is InChI=1S/C13H17NO2/c15-13(16)5-1-3-10-6-7-12-11(9-10)4-2-8-14-12/h6-7,9,14H,1-5,8H2,(H,15,16). The maximum absolute atomic E-state index is 10.4. The Morgan fingerprint density at radius 2 is 2.31 bits per heavy atom. The second kappa shape index (κ2) is 5.01.